The van der Waals surface area contributed by atoms with E-state index in [4.69, 9.17) is 0 Å². The van der Waals surface area contributed by atoms with Crippen molar-refractivity contribution in [3.05, 3.63) is 66.0 Å². The largest absolute Gasteiger partial charge is 0.205 e. The second-order valence-corrected chi connectivity index (χ2v) is 5.14. The summed E-state index contributed by atoms with van der Waals surface area (Å²) in [6.07, 6.45) is 10.6. The Balaban J connectivity index is 1.82. The third kappa shape index (κ3) is 4.86. The smallest absolute Gasteiger partial charge is 0.171 e. The predicted molar refractivity (Wildman–Crippen MR) is 80.0 cm³/mol. The van der Waals surface area contributed by atoms with E-state index in [1.807, 2.05) is 0 Å². The Bertz CT molecular complexity index is 476. The van der Waals surface area contributed by atoms with Crippen LogP contribution in [0.15, 0.2) is 54.9 Å². The van der Waals surface area contributed by atoms with E-state index < -0.39 is 0 Å². The van der Waals surface area contributed by atoms with Gasteiger partial charge in [0.2, 0.25) is 0 Å². The van der Waals surface area contributed by atoms with E-state index >= 15 is 0 Å². The molecule has 0 N–H and O–H groups in total. The number of aryl methyl sites for hydroxylation is 3. The lowest BCUT2D eigenvalue weighted by Gasteiger charge is -2.01. The summed E-state index contributed by atoms with van der Waals surface area (Å²) in [4.78, 5) is 0. The highest BCUT2D eigenvalue weighted by Crippen LogP contribution is 2.04. The molecule has 0 bridgehead atoms. The molecule has 0 saturated carbocycles. The van der Waals surface area contributed by atoms with E-state index in [0.29, 0.717) is 0 Å². The predicted octanol–water partition coefficient (Wildman–Crippen LogP) is 3.95. The Morgan fingerprint density at radius 3 is 2.37 bits per heavy atom. The van der Waals surface area contributed by atoms with Crippen LogP contribution in [0, 0.1) is 0 Å². The van der Waals surface area contributed by atoms with Crippen LogP contribution in [0.2, 0.25) is 0 Å². The molecule has 0 saturated heterocycles. The van der Waals surface area contributed by atoms with Gasteiger partial charge < -0.3 is 0 Å². The summed E-state index contributed by atoms with van der Waals surface area (Å²) in [5, 5.41) is 0. The molecule has 0 spiro atoms. The summed E-state index contributed by atoms with van der Waals surface area (Å²) in [6.45, 7) is 3.35. The summed E-state index contributed by atoms with van der Waals surface area (Å²) in [5.41, 5.74) is 2.90. The average Bonchev–Trinajstić information content (AvgIpc) is 2.47. The zero-order valence-corrected chi connectivity index (χ0v) is 11.9. The van der Waals surface area contributed by atoms with Gasteiger partial charge >= 0.3 is 0 Å². The van der Waals surface area contributed by atoms with Gasteiger partial charge in [0.1, 0.15) is 6.54 Å². The van der Waals surface area contributed by atoms with Crippen LogP contribution in [-0.2, 0) is 19.4 Å². The molecule has 0 aliphatic heterocycles. The molecule has 100 valence electrons. The molecule has 1 aromatic carbocycles. The van der Waals surface area contributed by atoms with E-state index in [1.54, 1.807) is 0 Å². The molecule has 0 fully saturated rings. The van der Waals surface area contributed by atoms with Crippen molar-refractivity contribution >= 4 is 0 Å². The van der Waals surface area contributed by atoms with Crippen LogP contribution in [0.4, 0.5) is 0 Å². The minimum Gasteiger partial charge on any atom is -0.205 e. The minimum absolute atomic E-state index is 1.11. The van der Waals surface area contributed by atoms with Crippen LogP contribution < -0.4 is 4.57 Å². The number of hydrogen-bond acceptors (Lipinski definition) is 0. The average molecular weight is 254 g/mol. The zero-order valence-electron chi connectivity index (χ0n) is 11.9. The van der Waals surface area contributed by atoms with E-state index in [1.165, 1.54) is 36.8 Å². The van der Waals surface area contributed by atoms with Crippen LogP contribution in [0.25, 0.3) is 0 Å². The lowest BCUT2D eigenvalue weighted by Crippen LogP contribution is -2.33. The van der Waals surface area contributed by atoms with Gasteiger partial charge in [-0.05, 0) is 30.9 Å². The van der Waals surface area contributed by atoms with Crippen LogP contribution >= 0.6 is 0 Å². The van der Waals surface area contributed by atoms with Crippen molar-refractivity contribution in [3.8, 4) is 0 Å². The number of hydrogen-bond donors (Lipinski definition) is 0. The van der Waals surface area contributed by atoms with Crippen molar-refractivity contribution in [2.75, 3.05) is 0 Å². The summed E-state index contributed by atoms with van der Waals surface area (Å²) in [5.74, 6) is 0. The Labute approximate surface area is 116 Å². The molecule has 0 aliphatic rings. The fourth-order valence-electron chi connectivity index (χ4n) is 2.35. The summed E-state index contributed by atoms with van der Waals surface area (Å²) in [6, 6.07) is 15.2. The number of nitrogens with zero attached hydrogens (tertiary/aromatic N) is 1. The second kappa shape index (κ2) is 7.73. The topological polar surface area (TPSA) is 3.88 Å². The number of unbranched alkanes of at least 4 members (excludes halogenated alkanes) is 1. The number of aromatic nitrogens is 1. The molecule has 1 heterocycles. The maximum atomic E-state index is 2.33. The Hall–Kier alpha value is -1.63. The van der Waals surface area contributed by atoms with Crippen molar-refractivity contribution in [3.63, 3.8) is 0 Å². The van der Waals surface area contributed by atoms with Gasteiger partial charge in [-0.2, -0.15) is 0 Å². The molecule has 1 heteroatoms. The molecule has 2 rings (SSSR count). The van der Waals surface area contributed by atoms with E-state index in [9.17, 15) is 0 Å². The number of benzene rings is 1. The highest BCUT2D eigenvalue weighted by atomic mass is 14.9. The van der Waals surface area contributed by atoms with Crippen LogP contribution in [-0.4, -0.2) is 0 Å². The molecule has 2 aromatic rings. The summed E-state index contributed by atoms with van der Waals surface area (Å²) in [7, 11) is 0. The number of pyridine rings is 1. The third-order valence-corrected chi connectivity index (χ3v) is 3.46. The fourth-order valence-corrected chi connectivity index (χ4v) is 2.35. The van der Waals surface area contributed by atoms with Gasteiger partial charge in [0.15, 0.2) is 12.4 Å². The Morgan fingerprint density at radius 1 is 0.842 bits per heavy atom. The Kier molecular flexibility index (Phi) is 5.61. The molecule has 0 unspecified atom stereocenters. The first-order valence-electron chi connectivity index (χ1n) is 7.40. The van der Waals surface area contributed by atoms with Gasteiger partial charge in [-0.1, -0.05) is 43.7 Å². The molecule has 0 atom stereocenters. The van der Waals surface area contributed by atoms with Gasteiger partial charge in [-0.15, -0.1) is 0 Å². The van der Waals surface area contributed by atoms with Crippen LogP contribution in [0.5, 0.6) is 0 Å². The number of rotatable bonds is 7. The third-order valence-electron chi connectivity index (χ3n) is 3.46. The van der Waals surface area contributed by atoms with Gasteiger partial charge in [0.25, 0.3) is 0 Å². The molecule has 0 amide bonds. The quantitative estimate of drug-likeness (QED) is 0.659. The Morgan fingerprint density at radius 2 is 1.58 bits per heavy atom. The summed E-state index contributed by atoms with van der Waals surface area (Å²) >= 11 is 0. The first-order valence-corrected chi connectivity index (χ1v) is 7.40. The highest BCUT2D eigenvalue weighted by molar-refractivity contribution is 5.14. The normalized spacial score (nSPS) is 10.6. The van der Waals surface area contributed by atoms with E-state index in [2.05, 4.69) is 66.3 Å². The molecule has 0 aliphatic carbocycles. The van der Waals surface area contributed by atoms with Gasteiger partial charge in [-0.25, -0.2) is 4.57 Å². The lowest BCUT2D eigenvalue weighted by atomic mass is 10.1. The SMILES string of the molecule is CCCCc1ccc[n+](CCCc2ccccc2)c1. The highest BCUT2D eigenvalue weighted by Gasteiger charge is 2.02. The molecular weight excluding hydrogens is 230 g/mol. The second-order valence-electron chi connectivity index (χ2n) is 5.14. The van der Waals surface area contributed by atoms with E-state index in [-0.39, 0.29) is 0 Å². The fraction of sp³-hybridized carbons (Fsp3) is 0.389. The van der Waals surface area contributed by atoms with Crippen molar-refractivity contribution < 1.29 is 4.57 Å². The first-order chi connectivity index (χ1) is 9.38. The van der Waals surface area contributed by atoms with Crippen LogP contribution in [0.1, 0.15) is 37.3 Å². The van der Waals surface area contributed by atoms with Crippen molar-refractivity contribution in [2.24, 2.45) is 0 Å². The monoisotopic (exact) mass is 254 g/mol. The van der Waals surface area contributed by atoms with Crippen molar-refractivity contribution in [1.82, 2.24) is 0 Å². The summed E-state index contributed by atoms with van der Waals surface area (Å²) < 4.78 is 2.33. The standard InChI is InChI=1S/C18H24N/c1-2-3-9-18-13-8-15-19(16-18)14-7-12-17-10-5-4-6-11-17/h4-6,8,10-11,13,15-16H,2-3,7,9,12,14H2,1H3/q+1. The molecular formula is C18H24N+. The zero-order chi connectivity index (χ0) is 13.3. The van der Waals surface area contributed by atoms with Crippen molar-refractivity contribution in [2.45, 2.75) is 45.6 Å². The maximum absolute atomic E-state index is 2.33. The molecule has 0 radical (unpaired) electrons. The first kappa shape index (κ1) is 13.8. The van der Waals surface area contributed by atoms with Gasteiger partial charge in [0, 0.05) is 18.1 Å². The van der Waals surface area contributed by atoms with Gasteiger partial charge in [0.05, 0.1) is 0 Å². The molecule has 19 heavy (non-hydrogen) atoms. The molecule has 1 aromatic heterocycles. The minimum atomic E-state index is 1.11. The maximum Gasteiger partial charge on any atom is 0.171 e. The van der Waals surface area contributed by atoms with Crippen LogP contribution in [0.3, 0.4) is 0 Å². The van der Waals surface area contributed by atoms with Crippen molar-refractivity contribution in [1.29, 1.82) is 0 Å². The lowest BCUT2D eigenvalue weighted by molar-refractivity contribution is -0.697. The molecule has 1 nitrogen and oxygen atoms in total. The van der Waals surface area contributed by atoms with E-state index in [0.717, 1.165) is 13.0 Å². The van der Waals surface area contributed by atoms with Gasteiger partial charge in [-0.3, -0.25) is 0 Å².